The van der Waals surface area contributed by atoms with Crippen LogP contribution in [-0.2, 0) is 0 Å². The Bertz CT molecular complexity index is 512. The lowest BCUT2D eigenvalue weighted by atomic mass is 9.89. The van der Waals surface area contributed by atoms with Crippen molar-refractivity contribution in [3.8, 4) is 17.2 Å². The third-order valence-electron chi connectivity index (χ3n) is 5.42. The molecule has 3 rings (SSSR count). The van der Waals surface area contributed by atoms with Crippen LogP contribution in [0.3, 0.4) is 0 Å². The fraction of sp³-hybridized carbons (Fsp3) is 0.684. The van der Waals surface area contributed by atoms with Gasteiger partial charge < -0.3 is 19.5 Å². The minimum absolute atomic E-state index is 0.434. The molecule has 0 aromatic heterocycles. The van der Waals surface area contributed by atoms with Crippen molar-refractivity contribution >= 4 is 0 Å². The van der Waals surface area contributed by atoms with E-state index in [4.69, 9.17) is 14.2 Å². The first-order valence-corrected chi connectivity index (χ1v) is 9.03. The van der Waals surface area contributed by atoms with Gasteiger partial charge in [-0.25, -0.2) is 0 Å². The molecule has 0 radical (unpaired) electrons. The maximum Gasteiger partial charge on any atom is 0.203 e. The summed E-state index contributed by atoms with van der Waals surface area (Å²) in [6.45, 7) is 4.32. The van der Waals surface area contributed by atoms with Gasteiger partial charge in [0.25, 0.3) is 0 Å². The van der Waals surface area contributed by atoms with Gasteiger partial charge >= 0.3 is 0 Å². The number of nitrogens with zero attached hydrogens (tertiary/aromatic N) is 1. The van der Waals surface area contributed by atoms with Crippen LogP contribution >= 0.6 is 0 Å². The second-order valence-electron chi connectivity index (χ2n) is 6.73. The first-order chi connectivity index (χ1) is 11.8. The van der Waals surface area contributed by atoms with Crippen molar-refractivity contribution in [2.45, 2.75) is 31.7 Å². The molecule has 1 saturated heterocycles. The summed E-state index contributed by atoms with van der Waals surface area (Å²) in [6.07, 6.45) is 5.31. The molecule has 5 nitrogen and oxygen atoms in total. The number of nitrogens with one attached hydrogen (secondary N) is 1. The lowest BCUT2D eigenvalue weighted by Crippen LogP contribution is -2.46. The van der Waals surface area contributed by atoms with E-state index in [1.54, 1.807) is 21.3 Å². The van der Waals surface area contributed by atoms with E-state index in [0.29, 0.717) is 17.7 Å². The Balaban J connectivity index is 1.99. The number of hydrogen-bond acceptors (Lipinski definition) is 5. The lowest BCUT2D eigenvalue weighted by Gasteiger charge is -2.39. The fourth-order valence-corrected chi connectivity index (χ4v) is 4.29. The predicted octanol–water partition coefficient (Wildman–Crippen LogP) is 2.85. The van der Waals surface area contributed by atoms with Crippen LogP contribution in [0.4, 0.5) is 0 Å². The molecule has 2 fully saturated rings. The van der Waals surface area contributed by atoms with Crippen LogP contribution < -0.4 is 19.5 Å². The summed E-state index contributed by atoms with van der Waals surface area (Å²) in [5, 5.41) is 3.46. The third-order valence-corrected chi connectivity index (χ3v) is 5.42. The van der Waals surface area contributed by atoms with E-state index < -0.39 is 0 Å². The highest BCUT2D eigenvalue weighted by Crippen LogP contribution is 2.45. The number of hydrogen-bond donors (Lipinski definition) is 1. The number of rotatable bonds is 6. The summed E-state index contributed by atoms with van der Waals surface area (Å²) in [6, 6.07) is 4.72. The zero-order valence-corrected chi connectivity index (χ0v) is 15.1. The van der Waals surface area contributed by atoms with Gasteiger partial charge in [0, 0.05) is 32.2 Å². The van der Waals surface area contributed by atoms with Crippen molar-refractivity contribution in [2.75, 3.05) is 47.5 Å². The average molecular weight is 334 g/mol. The first-order valence-electron chi connectivity index (χ1n) is 9.03. The third kappa shape index (κ3) is 3.47. The summed E-state index contributed by atoms with van der Waals surface area (Å²) in [5.41, 5.74) is 1.29. The normalized spacial score (nSPS) is 20.8. The highest BCUT2D eigenvalue weighted by molar-refractivity contribution is 5.54. The van der Waals surface area contributed by atoms with Gasteiger partial charge in [-0.05, 0) is 36.5 Å². The zero-order chi connectivity index (χ0) is 16.9. The fourth-order valence-electron chi connectivity index (χ4n) is 4.29. The van der Waals surface area contributed by atoms with Gasteiger partial charge in [-0.2, -0.15) is 0 Å². The zero-order valence-electron chi connectivity index (χ0n) is 15.1. The largest absolute Gasteiger partial charge is 0.493 e. The Hall–Kier alpha value is -1.46. The lowest BCUT2D eigenvalue weighted by molar-refractivity contribution is 0.125. The molecule has 1 heterocycles. The maximum absolute atomic E-state index is 5.58. The van der Waals surface area contributed by atoms with Crippen molar-refractivity contribution < 1.29 is 14.2 Å². The molecule has 2 aliphatic rings. The van der Waals surface area contributed by atoms with E-state index in [2.05, 4.69) is 22.3 Å². The molecule has 1 aromatic carbocycles. The SMILES string of the molecule is COc1cc([C@@H](C2CCCC2)N2CCNCC2)cc(OC)c1OC. The van der Waals surface area contributed by atoms with Crippen LogP contribution in [0.15, 0.2) is 12.1 Å². The molecule has 134 valence electrons. The summed E-state index contributed by atoms with van der Waals surface area (Å²) in [4.78, 5) is 2.63. The van der Waals surface area contributed by atoms with Gasteiger partial charge in [-0.3, -0.25) is 4.90 Å². The summed E-state index contributed by atoms with van der Waals surface area (Å²) in [5.74, 6) is 2.90. The Morgan fingerprint density at radius 3 is 2.04 bits per heavy atom. The molecule has 1 atom stereocenters. The number of piperazine rings is 1. The average Bonchev–Trinajstić information content (AvgIpc) is 3.16. The molecule has 0 unspecified atom stereocenters. The molecule has 1 aliphatic heterocycles. The van der Waals surface area contributed by atoms with Crippen molar-refractivity contribution in [1.29, 1.82) is 0 Å². The summed E-state index contributed by atoms with van der Waals surface area (Å²) < 4.78 is 16.7. The molecular formula is C19H30N2O3. The second kappa shape index (κ2) is 8.08. The van der Waals surface area contributed by atoms with E-state index in [1.165, 1.54) is 31.2 Å². The van der Waals surface area contributed by atoms with Crippen LogP contribution in [0.5, 0.6) is 17.2 Å². The van der Waals surface area contributed by atoms with E-state index in [0.717, 1.165) is 37.7 Å². The number of ether oxygens (including phenoxy) is 3. The Morgan fingerprint density at radius 2 is 1.54 bits per heavy atom. The molecule has 1 saturated carbocycles. The highest BCUT2D eigenvalue weighted by atomic mass is 16.5. The minimum Gasteiger partial charge on any atom is -0.493 e. The second-order valence-corrected chi connectivity index (χ2v) is 6.73. The van der Waals surface area contributed by atoms with Crippen molar-refractivity contribution in [3.05, 3.63) is 17.7 Å². The van der Waals surface area contributed by atoms with Crippen molar-refractivity contribution in [2.24, 2.45) is 5.92 Å². The van der Waals surface area contributed by atoms with E-state index in [9.17, 15) is 0 Å². The van der Waals surface area contributed by atoms with Gasteiger partial charge in [0.2, 0.25) is 5.75 Å². The maximum atomic E-state index is 5.58. The molecule has 0 amide bonds. The quantitative estimate of drug-likeness (QED) is 0.866. The molecule has 1 aromatic rings. The summed E-state index contributed by atoms with van der Waals surface area (Å²) in [7, 11) is 5.04. The molecule has 0 spiro atoms. The molecule has 5 heteroatoms. The minimum atomic E-state index is 0.434. The van der Waals surface area contributed by atoms with Crippen molar-refractivity contribution in [3.63, 3.8) is 0 Å². The molecule has 0 bridgehead atoms. The standard InChI is InChI=1S/C19H30N2O3/c1-22-16-12-15(13-17(23-2)19(16)24-3)18(14-6-4-5-7-14)21-10-8-20-9-11-21/h12-14,18,20H,4-11H2,1-3H3/t18-/m1/s1. The van der Waals surface area contributed by atoms with Crippen LogP contribution in [-0.4, -0.2) is 52.4 Å². The Morgan fingerprint density at radius 1 is 0.958 bits per heavy atom. The van der Waals surface area contributed by atoms with E-state index in [-0.39, 0.29) is 0 Å². The smallest absolute Gasteiger partial charge is 0.203 e. The van der Waals surface area contributed by atoms with Crippen molar-refractivity contribution in [1.82, 2.24) is 10.2 Å². The predicted molar refractivity (Wildman–Crippen MR) is 95.2 cm³/mol. The summed E-state index contributed by atoms with van der Waals surface area (Å²) >= 11 is 0. The number of benzene rings is 1. The van der Waals surface area contributed by atoms with Gasteiger partial charge in [0.1, 0.15) is 0 Å². The molecule has 24 heavy (non-hydrogen) atoms. The molecular weight excluding hydrogens is 304 g/mol. The molecule has 1 N–H and O–H groups in total. The highest BCUT2D eigenvalue weighted by Gasteiger charge is 2.33. The van der Waals surface area contributed by atoms with E-state index in [1.807, 2.05) is 0 Å². The van der Waals surface area contributed by atoms with Gasteiger partial charge in [-0.1, -0.05) is 12.8 Å². The first kappa shape index (κ1) is 17.4. The van der Waals surface area contributed by atoms with Gasteiger partial charge in [0.05, 0.1) is 21.3 Å². The van der Waals surface area contributed by atoms with Crippen LogP contribution in [0, 0.1) is 5.92 Å². The monoisotopic (exact) mass is 334 g/mol. The van der Waals surface area contributed by atoms with Crippen LogP contribution in [0.2, 0.25) is 0 Å². The topological polar surface area (TPSA) is 43.0 Å². The van der Waals surface area contributed by atoms with Gasteiger partial charge in [0.15, 0.2) is 11.5 Å². The van der Waals surface area contributed by atoms with E-state index >= 15 is 0 Å². The van der Waals surface area contributed by atoms with Crippen LogP contribution in [0.1, 0.15) is 37.3 Å². The number of methoxy groups -OCH3 is 3. The van der Waals surface area contributed by atoms with Gasteiger partial charge in [-0.15, -0.1) is 0 Å². The Kier molecular flexibility index (Phi) is 5.85. The van der Waals surface area contributed by atoms with Crippen LogP contribution in [0.25, 0.3) is 0 Å². The molecule has 1 aliphatic carbocycles. The Labute approximate surface area is 145 Å².